The molecule has 4 nitrogen and oxygen atoms in total. The maximum atomic E-state index is 12.5. The van der Waals surface area contributed by atoms with Crippen LogP contribution in [0.5, 0.6) is 0 Å². The summed E-state index contributed by atoms with van der Waals surface area (Å²) in [6, 6.07) is 5.81. The van der Waals surface area contributed by atoms with Gasteiger partial charge < -0.3 is 10.6 Å². The molecule has 2 aromatic rings. The first kappa shape index (κ1) is 15.5. The zero-order chi connectivity index (χ0) is 15.2. The van der Waals surface area contributed by atoms with Crippen molar-refractivity contribution in [3.63, 3.8) is 0 Å². The van der Waals surface area contributed by atoms with E-state index in [9.17, 15) is 4.79 Å². The van der Waals surface area contributed by atoms with Crippen LogP contribution in [0.4, 0.5) is 5.69 Å². The number of nitrogens with zero attached hydrogens (tertiary/aromatic N) is 1. The quantitative estimate of drug-likeness (QED) is 0.854. The molecule has 0 saturated heterocycles. The molecule has 0 aliphatic heterocycles. The number of nitrogens with one attached hydrogen (secondary N) is 2. The van der Waals surface area contributed by atoms with Gasteiger partial charge in [-0.1, -0.05) is 18.6 Å². The summed E-state index contributed by atoms with van der Waals surface area (Å²) in [7, 11) is 0. The maximum Gasteiger partial charge on any atom is 0.253 e. The lowest BCUT2D eigenvalue weighted by Crippen LogP contribution is -2.27. The van der Waals surface area contributed by atoms with E-state index >= 15 is 0 Å². The van der Waals surface area contributed by atoms with Gasteiger partial charge in [0.05, 0.1) is 11.6 Å². The molecule has 0 fully saturated rings. The van der Waals surface area contributed by atoms with E-state index in [1.54, 1.807) is 17.5 Å². The fourth-order valence-electron chi connectivity index (χ4n) is 2.04. The maximum absolute atomic E-state index is 12.5. The number of amides is 1. The topological polar surface area (TPSA) is 54.0 Å². The Labute approximate surface area is 129 Å². The van der Waals surface area contributed by atoms with Gasteiger partial charge in [0.2, 0.25) is 0 Å². The molecule has 0 radical (unpaired) electrons. The van der Waals surface area contributed by atoms with Gasteiger partial charge in [-0.25, -0.2) is 4.98 Å². The van der Waals surface area contributed by atoms with Gasteiger partial charge in [0.1, 0.15) is 5.01 Å². The third-order valence-corrected chi connectivity index (χ3v) is 4.11. The lowest BCUT2D eigenvalue weighted by Gasteiger charge is -2.15. The summed E-state index contributed by atoms with van der Waals surface area (Å²) in [5.41, 5.74) is 2.64. The van der Waals surface area contributed by atoms with Crippen molar-refractivity contribution in [2.24, 2.45) is 0 Å². The molecular weight excluding hydrogens is 282 g/mol. The molecule has 5 heteroatoms. The van der Waals surface area contributed by atoms with E-state index < -0.39 is 0 Å². The van der Waals surface area contributed by atoms with E-state index in [-0.39, 0.29) is 11.9 Å². The number of hydrogen-bond donors (Lipinski definition) is 2. The molecule has 0 bridgehead atoms. The number of aromatic nitrogens is 1. The average Bonchev–Trinajstić information content (AvgIpc) is 3.00. The fourth-order valence-corrected chi connectivity index (χ4v) is 2.69. The van der Waals surface area contributed by atoms with Crippen molar-refractivity contribution in [1.29, 1.82) is 0 Å². The number of thiazole rings is 1. The summed E-state index contributed by atoms with van der Waals surface area (Å²) in [6.07, 6.45) is 2.77. The molecule has 1 aromatic carbocycles. The molecule has 1 atom stereocenters. The highest BCUT2D eigenvalue weighted by Crippen LogP contribution is 2.20. The summed E-state index contributed by atoms with van der Waals surface area (Å²) in [6.45, 7) is 6.90. The zero-order valence-corrected chi connectivity index (χ0v) is 13.5. The van der Waals surface area contributed by atoms with Crippen LogP contribution in [0, 0.1) is 6.92 Å². The summed E-state index contributed by atoms with van der Waals surface area (Å²) in [5.74, 6) is -0.0694. The first-order valence-corrected chi connectivity index (χ1v) is 8.04. The Hall–Kier alpha value is -1.88. The second-order valence-electron chi connectivity index (χ2n) is 5.04. The predicted octanol–water partition coefficient (Wildman–Crippen LogP) is 3.76. The van der Waals surface area contributed by atoms with Crippen LogP contribution in [0.2, 0.25) is 0 Å². The smallest absolute Gasteiger partial charge is 0.253 e. The molecule has 2 rings (SSSR count). The highest BCUT2D eigenvalue weighted by molar-refractivity contribution is 7.09. The standard InChI is InChI=1S/C16H21N3OS/c1-4-7-17-14-6-5-11(2)10-13(14)15(20)19-12(3)16-18-8-9-21-16/h5-6,8-10,12,17H,4,7H2,1-3H3,(H,19,20). The van der Waals surface area contributed by atoms with Crippen molar-refractivity contribution in [1.82, 2.24) is 10.3 Å². The van der Waals surface area contributed by atoms with Crippen LogP contribution < -0.4 is 10.6 Å². The Morgan fingerprint density at radius 3 is 2.90 bits per heavy atom. The SMILES string of the molecule is CCCNc1ccc(C)cc1C(=O)NC(C)c1nccs1. The van der Waals surface area contributed by atoms with Crippen molar-refractivity contribution < 1.29 is 4.79 Å². The zero-order valence-electron chi connectivity index (χ0n) is 12.6. The Morgan fingerprint density at radius 2 is 2.24 bits per heavy atom. The van der Waals surface area contributed by atoms with E-state index in [4.69, 9.17) is 0 Å². The third kappa shape index (κ3) is 4.04. The molecule has 1 heterocycles. The summed E-state index contributed by atoms with van der Waals surface area (Å²) in [5, 5.41) is 9.15. The molecule has 1 unspecified atom stereocenters. The van der Waals surface area contributed by atoms with Crippen LogP contribution in [-0.4, -0.2) is 17.4 Å². The van der Waals surface area contributed by atoms with Crippen molar-refractivity contribution in [2.75, 3.05) is 11.9 Å². The minimum Gasteiger partial charge on any atom is -0.384 e. The Morgan fingerprint density at radius 1 is 1.43 bits per heavy atom. The lowest BCUT2D eigenvalue weighted by atomic mass is 10.1. The second-order valence-corrected chi connectivity index (χ2v) is 5.97. The molecular formula is C16H21N3OS. The van der Waals surface area contributed by atoms with E-state index in [0.717, 1.165) is 29.2 Å². The monoisotopic (exact) mass is 303 g/mol. The van der Waals surface area contributed by atoms with E-state index in [2.05, 4.69) is 22.5 Å². The summed E-state index contributed by atoms with van der Waals surface area (Å²) in [4.78, 5) is 16.8. The molecule has 0 aliphatic rings. The largest absolute Gasteiger partial charge is 0.384 e. The van der Waals surface area contributed by atoms with Gasteiger partial charge in [-0.15, -0.1) is 11.3 Å². The van der Waals surface area contributed by atoms with Crippen molar-refractivity contribution in [2.45, 2.75) is 33.2 Å². The Kier molecular flexibility index (Phi) is 5.33. The minimum atomic E-state index is -0.0861. The number of benzene rings is 1. The molecule has 1 amide bonds. The normalized spacial score (nSPS) is 12.0. The fraction of sp³-hybridized carbons (Fsp3) is 0.375. The molecule has 21 heavy (non-hydrogen) atoms. The minimum absolute atomic E-state index is 0.0694. The molecule has 0 saturated carbocycles. The van der Waals surface area contributed by atoms with Gasteiger partial charge in [-0.3, -0.25) is 4.79 Å². The summed E-state index contributed by atoms with van der Waals surface area (Å²) >= 11 is 1.55. The van der Waals surface area contributed by atoms with Crippen LogP contribution in [0.1, 0.15) is 47.2 Å². The van der Waals surface area contributed by atoms with E-state index in [0.29, 0.717) is 5.56 Å². The number of carbonyl (C=O) groups excluding carboxylic acids is 1. The van der Waals surface area contributed by atoms with E-state index in [1.807, 2.05) is 37.4 Å². The van der Waals surface area contributed by atoms with Crippen LogP contribution in [-0.2, 0) is 0 Å². The average molecular weight is 303 g/mol. The number of anilines is 1. The van der Waals surface area contributed by atoms with Crippen LogP contribution >= 0.6 is 11.3 Å². The second kappa shape index (κ2) is 7.22. The molecule has 2 N–H and O–H groups in total. The number of aryl methyl sites for hydroxylation is 1. The van der Waals surface area contributed by atoms with Gasteiger partial charge >= 0.3 is 0 Å². The highest BCUT2D eigenvalue weighted by Gasteiger charge is 2.16. The Bertz CT molecular complexity index is 596. The first-order chi connectivity index (χ1) is 10.1. The van der Waals surface area contributed by atoms with Gasteiger partial charge in [-0.2, -0.15) is 0 Å². The van der Waals surface area contributed by atoms with Crippen molar-refractivity contribution in [3.8, 4) is 0 Å². The number of carbonyl (C=O) groups is 1. The van der Waals surface area contributed by atoms with Crippen LogP contribution in [0.15, 0.2) is 29.8 Å². The molecule has 1 aromatic heterocycles. The van der Waals surface area contributed by atoms with Crippen LogP contribution in [0.3, 0.4) is 0 Å². The molecule has 0 aliphatic carbocycles. The summed E-state index contributed by atoms with van der Waals surface area (Å²) < 4.78 is 0. The third-order valence-electron chi connectivity index (χ3n) is 3.15. The van der Waals surface area contributed by atoms with E-state index in [1.165, 1.54) is 0 Å². The Balaban J connectivity index is 2.15. The van der Waals surface area contributed by atoms with Crippen molar-refractivity contribution in [3.05, 3.63) is 45.9 Å². The lowest BCUT2D eigenvalue weighted by molar-refractivity contribution is 0.0940. The first-order valence-electron chi connectivity index (χ1n) is 7.16. The van der Waals surface area contributed by atoms with Gasteiger partial charge in [-0.05, 0) is 32.4 Å². The number of rotatable bonds is 6. The number of hydrogen-bond acceptors (Lipinski definition) is 4. The highest BCUT2D eigenvalue weighted by atomic mass is 32.1. The van der Waals surface area contributed by atoms with Crippen LogP contribution in [0.25, 0.3) is 0 Å². The molecule has 0 spiro atoms. The van der Waals surface area contributed by atoms with Gasteiger partial charge in [0.15, 0.2) is 0 Å². The predicted molar refractivity (Wildman–Crippen MR) is 88.0 cm³/mol. The molecule has 112 valence electrons. The van der Waals surface area contributed by atoms with Crippen molar-refractivity contribution >= 4 is 22.9 Å². The van der Waals surface area contributed by atoms with Gasteiger partial charge in [0, 0.05) is 23.8 Å². The van der Waals surface area contributed by atoms with Gasteiger partial charge in [0.25, 0.3) is 5.91 Å².